The number of hydrogen-bond donors (Lipinski definition) is 2. The number of halogens is 1. The number of aliphatic hydroxyl groups excluding tert-OH is 1. The van der Waals surface area contributed by atoms with E-state index in [1.165, 1.54) is 4.88 Å². The number of ether oxygens (including phenoxy) is 1. The zero-order valence-corrected chi connectivity index (χ0v) is 23.0. The second-order valence-corrected chi connectivity index (χ2v) is 11.5. The molecule has 3 heterocycles. The molecule has 1 aromatic carbocycles. The number of aliphatic hydroxyl groups is 1. The molecule has 0 amide bonds. The molecule has 2 N–H and O–H groups in total. The highest BCUT2D eigenvalue weighted by Gasteiger charge is 2.30. The molecule has 0 aliphatic carbocycles. The molecule has 37 heavy (non-hydrogen) atoms. The fourth-order valence-corrected chi connectivity index (χ4v) is 6.77. The highest BCUT2D eigenvalue weighted by molar-refractivity contribution is 7.10. The van der Waals surface area contributed by atoms with E-state index < -0.39 is 12.1 Å². The predicted octanol–water partition coefficient (Wildman–Crippen LogP) is 6.60. The summed E-state index contributed by atoms with van der Waals surface area (Å²) >= 11 is 7.94. The van der Waals surface area contributed by atoms with Crippen molar-refractivity contribution in [3.05, 3.63) is 57.4 Å². The van der Waals surface area contributed by atoms with Crippen LogP contribution in [0.2, 0.25) is 5.02 Å². The van der Waals surface area contributed by atoms with Gasteiger partial charge in [-0.15, -0.1) is 11.3 Å². The lowest BCUT2D eigenvalue weighted by Gasteiger charge is -2.39. The van der Waals surface area contributed by atoms with Crippen molar-refractivity contribution in [2.45, 2.75) is 57.5 Å². The molecule has 1 aliphatic heterocycles. The number of carboxylic acid groups (broad SMARTS) is 1. The summed E-state index contributed by atoms with van der Waals surface area (Å²) in [5, 5.41) is 24.3. The standard InChI is InChI=1S/C29H37ClN2O4S/c1-36-22-7-8-26-24(18-22)23(11-14-31-26)27(33)9-5-20-12-16-32(19-21(20)6-10-29(34)35)15-3-2-4-28-25(30)13-17-37-28/h7-8,11,13-14,17-18,20-21,27,33H,2-6,9-10,12,15-16,19H2,1H3,(H,34,35)/t20-,21+,27?/m1/s1. The third-order valence-electron chi connectivity index (χ3n) is 7.68. The second kappa shape index (κ2) is 13.6. The minimum absolute atomic E-state index is 0.198. The average molecular weight is 545 g/mol. The second-order valence-electron chi connectivity index (χ2n) is 10.1. The van der Waals surface area contributed by atoms with E-state index in [0.717, 1.165) is 79.0 Å². The number of unbranched alkanes of at least 4 members (excludes halogenated alkanes) is 1. The van der Waals surface area contributed by atoms with Crippen LogP contribution in [0.5, 0.6) is 5.75 Å². The predicted molar refractivity (Wildman–Crippen MR) is 150 cm³/mol. The van der Waals surface area contributed by atoms with Gasteiger partial charge in [0.2, 0.25) is 0 Å². The highest BCUT2D eigenvalue weighted by atomic mass is 35.5. The minimum Gasteiger partial charge on any atom is -0.497 e. The maximum Gasteiger partial charge on any atom is 0.303 e. The number of hydrogen-bond acceptors (Lipinski definition) is 6. The van der Waals surface area contributed by atoms with Gasteiger partial charge in [-0.25, -0.2) is 0 Å². The largest absolute Gasteiger partial charge is 0.497 e. The van der Waals surface area contributed by atoms with Crippen molar-refractivity contribution in [2.75, 3.05) is 26.7 Å². The Bertz CT molecular complexity index is 1170. The topological polar surface area (TPSA) is 82.9 Å². The van der Waals surface area contributed by atoms with Crippen molar-refractivity contribution >= 4 is 39.8 Å². The van der Waals surface area contributed by atoms with Gasteiger partial charge in [0, 0.05) is 29.4 Å². The van der Waals surface area contributed by atoms with E-state index in [1.54, 1.807) is 24.6 Å². The normalized spacial score (nSPS) is 19.2. The van der Waals surface area contributed by atoms with Crippen LogP contribution in [0.1, 0.15) is 61.5 Å². The first kappa shape index (κ1) is 27.8. The van der Waals surface area contributed by atoms with Gasteiger partial charge in [0.1, 0.15) is 5.75 Å². The van der Waals surface area contributed by atoms with E-state index in [2.05, 4.69) is 9.88 Å². The number of carbonyl (C=O) groups is 1. The van der Waals surface area contributed by atoms with Crippen LogP contribution in [0.15, 0.2) is 41.9 Å². The van der Waals surface area contributed by atoms with E-state index >= 15 is 0 Å². The average Bonchev–Trinajstić information content (AvgIpc) is 3.32. The molecule has 0 radical (unpaired) electrons. The summed E-state index contributed by atoms with van der Waals surface area (Å²) in [6, 6.07) is 9.58. The molecule has 1 unspecified atom stereocenters. The molecule has 200 valence electrons. The van der Waals surface area contributed by atoms with Gasteiger partial charge in [0.05, 0.1) is 23.8 Å². The SMILES string of the molecule is COc1ccc2nccc(C(O)CC[C@@H]3CCN(CCCCc4sccc4Cl)C[C@@H]3CCC(=O)O)c2c1. The van der Waals surface area contributed by atoms with Gasteiger partial charge < -0.3 is 19.8 Å². The molecular formula is C29H37ClN2O4S. The Balaban J connectivity index is 1.32. The molecule has 2 aromatic heterocycles. The Morgan fingerprint density at radius 3 is 2.86 bits per heavy atom. The van der Waals surface area contributed by atoms with E-state index in [1.807, 2.05) is 35.7 Å². The molecular weight excluding hydrogens is 508 g/mol. The molecule has 8 heteroatoms. The molecule has 6 nitrogen and oxygen atoms in total. The fourth-order valence-electron chi connectivity index (χ4n) is 5.59. The van der Waals surface area contributed by atoms with Gasteiger partial charge in [-0.05, 0) is 111 Å². The quantitative estimate of drug-likeness (QED) is 0.236. The number of aliphatic carboxylic acids is 1. The van der Waals surface area contributed by atoms with Crippen LogP contribution in [-0.2, 0) is 11.2 Å². The van der Waals surface area contributed by atoms with Crippen LogP contribution >= 0.6 is 22.9 Å². The maximum atomic E-state index is 11.3. The van der Waals surface area contributed by atoms with Crippen molar-refractivity contribution in [2.24, 2.45) is 11.8 Å². The Labute approximate surface area is 228 Å². The summed E-state index contributed by atoms with van der Waals surface area (Å²) in [7, 11) is 1.64. The summed E-state index contributed by atoms with van der Waals surface area (Å²) in [6.45, 7) is 3.00. The molecule has 4 rings (SSSR count). The molecule has 0 saturated carbocycles. The molecule has 0 bridgehead atoms. The van der Waals surface area contributed by atoms with E-state index in [-0.39, 0.29) is 6.42 Å². The van der Waals surface area contributed by atoms with Gasteiger partial charge >= 0.3 is 5.97 Å². The number of fused-ring (bicyclic) bond motifs is 1. The lowest BCUT2D eigenvalue weighted by molar-refractivity contribution is -0.137. The molecule has 1 saturated heterocycles. The van der Waals surface area contributed by atoms with Gasteiger partial charge in [0.15, 0.2) is 0 Å². The number of likely N-dealkylation sites (tertiary alicyclic amines) is 1. The van der Waals surface area contributed by atoms with Crippen molar-refractivity contribution in [1.82, 2.24) is 9.88 Å². The summed E-state index contributed by atoms with van der Waals surface area (Å²) in [4.78, 5) is 19.5. The number of piperidine rings is 1. The fraction of sp³-hybridized carbons (Fsp3) is 0.517. The monoisotopic (exact) mass is 544 g/mol. The van der Waals surface area contributed by atoms with Crippen LogP contribution in [0.4, 0.5) is 0 Å². The summed E-state index contributed by atoms with van der Waals surface area (Å²) < 4.78 is 5.37. The lowest BCUT2D eigenvalue weighted by Crippen LogP contribution is -2.41. The Morgan fingerprint density at radius 1 is 1.24 bits per heavy atom. The first-order valence-electron chi connectivity index (χ1n) is 13.2. The molecule has 3 atom stereocenters. The van der Waals surface area contributed by atoms with Crippen LogP contribution in [-0.4, -0.2) is 52.8 Å². The molecule has 1 aliphatic rings. The van der Waals surface area contributed by atoms with Crippen LogP contribution in [0.25, 0.3) is 10.9 Å². The first-order valence-corrected chi connectivity index (χ1v) is 14.5. The smallest absolute Gasteiger partial charge is 0.303 e. The van der Waals surface area contributed by atoms with E-state index in [9.17, 15) is 15.0 Å². The number of pyridine rings is 1. The van der Waals surface area contributed by atoms with Crippen LogP contribution in [0, 0.1) is 11.8 Å². The van der Waals surface area contributed by atoms with Gasteiger partial charge in [-0.2, -0.15) is 0 Å². The third-order valence-corrected chi connectivity index (χ3v) is 9.12. The minimum atomic E-state index is -0.735. The summed E-state index contributed by atoms with van der Waals surface area (Å²) in [6.07, 6.45) is 7.83. The summed E-state index contributed by atoms with van der Waals surface area (Å²) in [5.74, 6) is 0.755. The van der Waals surface area contributed by atoms with Crippen molar-refractivity contribution < 1.29 is 19.7 Å². The highest BCUT2D eigenvalue weighted by Crippen LogP contribution is 2.35. The van der Waals surface area contributed by atoms with Crippen molar-refractivity contribution in [1.29, 1.82) is 0 Å². The van der Waals surface area contributed by atoms with Crippen molar-refractivity contribution in [3.63, 3.8) is 0 Å². The zero-order chi connectivity index (χ0) is 26.2. The number of aromatic nitrogens is 1. The van der Waals surface area contributed by atoms with Gasteiger partial charge in [0.25, 0.3) is 0 Å². The lowest BCUT2D eigenvalue weighted by atomic mass is 9.79. The van der Waals surface area contributed by atoms with Crippen LogP contribution < -0.4 is 4.74 Å². The Morgan fingerprint density at radius 2 is 2.11 bits per heavy atom. The summed E-state index contributed by atoms with van der Waals surface area (Å²) in [5.41, 5.74) is 1.71. The number of methoxy groups -OCH3 is 1. The number of benzene rings is 1. The van der Waals surface area contributed by atoms with Gasteiger partial charge in [-0.3, -0.25) is 9.78 Å². The molecule has 0 spiro atoms. The number of rotatable bonds is 13. The first-order chi connectivity index (χ1) is 17.9. The number of thiophene rings is 1. The number of nitrogens with zero attached hydrogens (tertiary/aromatic N) is 2. The number of aryl methyl sites for hydroxylation is 1. The van der Waals surface area contributed by atoms with Crippen molar-refractivity contribution in [3.8, 4) is 5.75 Å². The third kappa shape index (κ3) is 7.66. The Kier molecular flexibility index (Phi) is 10.2. The van der Waals surface area contributed by atoms with Crippen LogP contribution in [0.3, 0.4) is 0 Å². The maximum absolute atomic E-state index is 11.3. The molecule has 1 fully saturated rings. The van der Waals surface area contributed by atoms with E-state index in [0.29, 0.717) is 24.7 Å². The Hall–Kier alpha value is -2.19. The number of carboxylic acids is 1. The molecule has 3 aromatic rings. The van der Waals surface area contributed by atoms with E-state index in [4.69, 9.17) is 16.3 Å². The van der Waals surface area contributed by atoms with Gasteiger partial charge in [-0.1, -0.05) is 11.6 Å². The zero-order valence-electron chi connectivity index (χ0n) is 21.4.